The standard InChI is InChI=1S/C8H15N3O3S/c1-5(2)7(8(10)12)11-15(13,14)6(3)4-9/h5-7,11H,1-3H3,(H2,10,12). The number of amides is 1. The van der Waals surface area contributed by atoms with Gasteiger partial charge in [-0.05, 0) is 12.8 Å². The van der Waals surface area contributed by atoms with Gasteiger partial charge in [0.25, 0.3) is 0 Å². The summed E-state index contributed by atoms with van der Waals surface area (Å²) in [5, 5.41) is 7.27. The molecular formula is C8H15N3O3S. The van der Waals surface area contributed by atoms with Crippen LogP contribution in [0.25, 0.3) is 0 Å². The fourth-order valence-corrected chi connectivity index (χ4v) is 1.96. The number of nitrogens with zero attached hydrogens (tertiary/aromatic N) is 1. The van der Waals surface area contributed by atoms with Crippen molar-refractivity contribution in [2.45, 2.75) is 32.1 Å². The van der Waals surface area contributed by atoms with Crippen LogP contribution in [-0.2, 0) is 14.8 Å². The summed E-state index contributed by atoms with van der Waals surface area (Å²) < 4.78 is 25.0. The molecule has 6 nitrogen and oxygen atoms in total. The molecule has 0 bridgehead atoms. The van der Waals surface area contributed by atoms with Gasteiger partial charge in [0.15, 0.2) is 5.25 Å². The lowest BCUT2D eigenvalue weighted by molar-refractivity contribution is -0.120. The minimum atomic E-state index is -3.81. The maximum absolute atomic E-state index is 11.4. The first-order chi connectivity index (χ1) is 6.72. The molecule has 0 rings (SSSR count). The third kappa shape index (κ3) is 3.85. The molecular weight excluding hydrogens is 218 g/mol. The molecule has 1 amide bonds. The fraction of sp³-hybridized carbons (Fsp3) is 0.750. The van der Waals surface area contributed by atoms with E-state index in [2.05, 4.69) is 4.72 Å². The lowest BCUT2D eigenvalue weighted by atomic mass is 10.1. The van der Waals surface area contributed by atoms with Crippen molar-refractivity contribution >= 4 is 15.9 Å². The number of nitrogens with two attached hydrogens (primary N) is 1. The first-order valence-electron chi connectivity index (χ1n) is 4.42. The van der Waals surface area contributed by atoms with Crippen LogP contribution in [0.2, 0.25) is 0 Å². The predicted octanol–water partition coefficient (Wildman–Crippen LogP) is -0.672. The molecule has 0 saturated heterocycles. The molecule has 0 radical (unpaired) electrons. The van der Waals surface area contributed by atoms with Crippen molar-refractivity contribution in [3.8, 4) is 6.07 Å². The minimum absolute atomic E-state index is 0.261. The van der Waals surface area contributed by atoms with Gasteiger partial charge in [0.05, 0.1) is 6.07 Å². The van der Waals surface area contributed by atoms with E-state index in [9.17, 15) is 13.2 Å². The SMILES string of the molecule is CC(C)C(NS(=O)(=O)C(C)C#N)C(N)=O. The van der Waals surface area contributed by atoms with Crippen LogP contribution in [0.1, 0.15) is 20.8 Å². The Morgan fingerprint density at radius 1 is 1.40 bits per heavy atom. The zero-order valence-corrected chi connectivity index (χ0v) is 9.71. The van der Waals surface area contributed by atoms with E-state index in [1.807, 2.05) is 0 Å². The second-order valence-corrected chi connectivity index (χ2v) is 5.59. The van der Waals surface area contributed by atoms with Gasteiger partial charge in [-0.1, -0.05) is 13.8 Å². The number of sulfonamides is 1. The molecule has 0 saturated carbocycles. The van der Waals surface area contributed by atoms with Crippen molar-refractivity contribution in [3.63, 3.8) is 0 Å². The maximum Gasteiger partial charge on any atom is 0.235 e. The van der Waals surface area contributed by atoms with Gasteiger partial charge in [-0.25, -0.2) is 13.1 Å². The number of hydrogen-bond donors (Lipinski definition) is 2. The van der Waals surface area contributed by atoms with Gasteiger partial charge >= 0.3 is 0 Å². The lowest BCUT2D eigenvalue weighted by Crippen LogP contribution is -2.49. The van der Waals surface area contributed by atoms with Crippen molar-refractivity contribution in [1.82, 2.24) is 4.72 Å². The van der Waals surface area contributed by atoms with Gasteiger partial charge < -0.3 is 5.73 Å². The van der Waals surface area contributed by atoms with Crippen molar-refractivity contribution in [3.05, 3.63) is 0 Å². The molecule has 0 heterocycles. The highest BCUT2D eigenvalue weighted by Gasteiger charge is 2.28. The second-order valence-electron chi connectivity index (χ2n) is 3.56. The van der Waals surface area contributed by atoms with Crippen LogP contribution in [0, 0.1) is 17.2 Å². The number of carbonyl (C=O) groups is 1. The number of carbonyl (C=O) groups excluding carboxylic acids is 1. The Labute approximate surface area is 89.5 Å². The van der Waals surface area contributed by atoms with E-state index in [1.165, 1.54) is 6.92 Å². The van der Waals surface area contributed by atoms with E-state index in [1.54, 1.807) is 19.9 Å². The van der Waals surface area contributed by atoms with Crippen LogP contribution >= 0.6 is 0 Å². The number of nitrogens with one attached hydrogen (secondary N) is 1. The number of nitriles is 1. The van der Waals surface area contributed by atoms with Gasteiger partial charge in [-0.2, -0.15) is 5.26 Å². The van der Waals surface area contributed by atoms with Gasteiger partial charge in [0.1, 0.15) is 6.04 Å². The predicted molar refractivity (Wildman–Crippen MR) is 55.0 cm³/mol. The minimum Gasteiger partial charge on any atom is -0.368 e. The molecule has 0 aliphatic carbocycles. The van der Waals surface area contributed by atoms with E-state index in [4.69, 9.17) is 11.0 Å². The van der Waals surface area contributed by atoms with Gasteiger partial charge in [0, 0.05) is 0 Å². The highest BCUT2D eigenvalue weighted by atomic mass is 32.2. The summed E-state index contributed by atoms with van der Waals surface area (Å²) in [4.78, 5) is 10.9. The Morgan fingerprint density at radius 3 is 2.13 bits per heavy atom. The highest BCUT2D eigenvalue weighted by Crippen LogP contribution is 2.05. The first kappa shape index (κ1) is 13.9. The van der Waals surface area contributed by atoms with Crippen molar-refractivity contribution in [2.24, 2.45) is 11.7 Å². The molecule has 7 heteroatoms. The molecule has 0 spiro atoms. The Morgan fingerprint density at radius 2 is 1.87 bits per heavy atom. The molecule has 86 valence electrons. The van der Waals surface area contributed by atoms with E-state index in [-0.39, 0.29) is 5.92 Å². The first-order valence-corrected chi connectivity index (χ1v) is 5.97. The summed E-state index contributed by atoms with van der Waals surface area (Å²) in [6.45, 7) is 4.56. The molecule has 2 unspecified atom stereocenters. The fourth-order valence-electron chi connectivity index (χ4n) is 0.871. The summed E-state index contributed by atoms with van der Waals surface area (Å²) in [6, 6.07) is 0.605. The molecule has 0 aromatic carbocycles. The van der Waals surface area contributed by atoms with E-state index in [0.29, 0.717) is 0 Å². The summed E-state index contributed by atoms with van der Waals surface area (Å²) in [5.74, 6) is -1.01. The summed E-state index contributed by atoms with van der Waals surface area (Å²) in [5.41, 5.74) is 5.04. The van der Waals surface area contributed by atoms with Crippen LogP contribution in [0.3, 0.4) is 0 Å². The van der Waals surface area contributed by atoms with Gasteiger partial charge in [0.2, 0.25) is 15.9 Å². The van der Waals surface area contributed by atoms with Crippen molar-refractivity contribution < 1.29 is 13.2 Å². The Bertz CT molecular complexity index is 369. The van der Waals surface area contributed by atoms with Crippen LogP contribution in [0.5, 0.6) is 0 Å². The monoisotopic (exact) mass is 233 g/mol. The lowest BCUT2D eigenvalue weighted by Gasteiger charge is -2.19. The summed E-state index contributed by atoms with van der Waals surface area (Å²) in [7, 11) is -3.81. The van der Waals surface area contributed by atoms with Crippen LogP contribution in [-0.4, -0.2) is 25.6 Å². The molecule has 0 aromatic rings. The van der Waals surface area contributed by atoms with Crippen molar-refractivity contribution in [1.29, 1.82) is 5.26 Å². The van der Waals surface area contributed by atoms with Crippen LogP contribution in [0.15, 0.2) is 0 Å². The topological polar surface area (TPSA) is 113 Å². The molecule has 0 aliphatic heterocycles. The zero-order valence-electron chi connectivity index (χ0n) is 8.89. The molecule has 3 N–H and O–H groups in total. The molecule has 0 aliphatic rings. The third-order valence-electron chi connectivity index (χ3n) is 1.91. The number of hydrogen-bond acceptors (Lipinski definition) is 4. The average molecular weight is 233 g/mol. The normalized spacial score (nSPS) is 15.7. The maximum atomic E-state index is 11.4. The smallest absolute Gasteiger partial charge is 0.235 e. The van der Waals surface area contributed by atoms with Gasteiger partial charge in [-0.3, -0.25) is 4.79 Å². The summed E-state index contributed by atoms with van der Waals surface area (Å²) >= 11 is 0. The van der Waals surface area contributed by atoms with Crippen LogP contribution in [0.4, 0.5) is 0 Å². The Balaban J connectivity index is 4.86. The second kappa shape index (κ2) is 5.09. The molecule has 2 atom stereocenters. The molecule has 0 aromatic heterocycles. The largest absolute Gasteiger partial charge is 0.368 e. The van der Waals surface area contributed by atoms with E-state index < -0.39 is 27.2 Å². The number of primary amides is 1. The van der Waals surface area contributed by atoms with Gasteiger partial charge in [-0.15, -0.1) is 0 Å². The van der Waals surface area contributed by atoms with Crippen LogP contribution < -0.4 is 10.5 Å². The van der Waals surface area contributed by atoms with E-state index >= 15 is 0 Å². The zero-order chi connectivity index (χ0) is 12.2. The quantitative estimate of drug-likeness (QED) is 0.655. The summed E-state index contributed by atoms with van der Waals surface area (Å²) in [6.07, 6.45) is 0. The third-order valence-corrected chi connectivity index (χ3v) is 3.53. The van der Waals surface area contributed by atoms with Crippen molar-refractivity contribution in [2.75, 3.05) is 0 Å². The molecule has 15 heavy (non-hydrogen) atoms. The highest BCUT2D eigenvalue weighted by molar-refractivity contribution is 7.90. The Hall–Kier alpha value is -1.13. The molecule has 0 fully saturated rings. The Kier molecular flexibility index (Phi) is 4.71. The number of rotatable bonds is 5. The average Bonchev–Trinajstić information content (AvgIpc) is 2.11. The van der Waals surface area contributed by atoms with E-state index in [0.717, 1.165) is 0 Å².